The van der Waals surface area contributed by atoms with E-state index in [1.54, 1.807) is 10.9 Å². The van der Waals surface area contributed by atoms with Crippen LogP contribution in [0.3, 0.4) is 0 Å². The van der Waals surface area contributed by atoms with Crippen LogP contribution >= 0.6 is 11.3 Å². The molecular weight excluding hydrogens is 232 g/mol. The van der Waals surface area contributed by atoms with Gasteiger partial charge in [0.05, 0.1) is 5.51 Å². The fourth-order valence-electron chi connectivity index (χ4n) is 1.70. The minimum atomic E-state index is -0.143. The van der Waals surface area contributed by atoms with Crippen molar-refractivity contribution in [3.63, 3.8) is 0 Å². The summed E-state index contributed by atoms with van der Waals surface area (Å²) in [5.41, 5.74) is 5.27. The van der Waals surface area contributed by atoms with Gasteiger partial charge >= 0.3 is 0 Å². The number of rotatable bonds is 3. The molecule has 2 aromatic rings. The summed E-state index contributed by atoms with van der Waals surface area (Å²) >= 11 is 1.42. The SMILES string of the molecule is CCc1cccc(C)c1NC(=O)c1cscn1. The summed E-state index contributed by atoms with van der Waals surface area (Å²) in [6.07, 6.45) is 0.897. The Bertz CT molecular complexity index is 520. The maximum absolute atomic E-state index is 11.9. The van der Waals surface area contributed by atoms with Crippen LogP contribution in [0.1, 0.15) is 28.5 Å². The zero-order valence-electron chi connectivity index (χ0n) is 9.86. The number of carbonyl (C=O) groups excluding carboxylic acids is 1. The lowest BCUT2D eigenvalue weighted by Gasteiger charge is -2.11. The minimum Gasteiger partial charge on any atom is -0.320 e. The Hall–Kier alpha value is -1.68. The summed E-state index contributed by atoms with van der Waals surface area (Å²) in [4.78, 5) is 15.9. The Kier molecular flexibility index (Phi) is 3.54. The molecule has 1 amide bonds. The quantitative estimate of drug-likeness (QED) is 0.903. The van der Waals surface area contributed by atoms with Gasteiger partial charge in [0.1, 0.15) is 5.69 Å². The first-order chi connectivity index (χ1) is 8.22. The molecule has 0 aliphatic heterocycles. The zero-order valence-corrected chi connectivity index (χ0v) is 10.7. The molecule has 1 heterocycles. The lowest BCUT2D eigenvalue weighted by atomic mass is 10.1. The number of aromatic nitrogens is 1. The second kappa shape index (κ2) is 5.10. The van der Waals surface area contributed by atoms with Crippen molar-refractivity contribution in [3.05, 3.63) is 45.9 Å². The highest BCUT2D eigenvalue weighted by Crippen LogP contribution is 2.21. The third-order valence-electron chi connectivity index (χ3n) is 2.64. The highest BCUT2D eigenvalue weighted by molar-refractivity contribution is 7.07. The monoisotopic (exact) mass is 246 g/mol. The topological polar surface area (TPSA) is 42.0 Å². The summed E-state index contributed by atoms with van der Waals surface area (Å²) in [7, 11) is 0. The Labute approximate surface area is 105 Å². The van der Waals surface area contributed by atoms with E-state index < -0.39 is 0 Å². The molecule has 0 radical (unpaired) electrons. The molecule has 1 N–H and O–H groups in total. The van der Waals surface area contributed by atoms with Crippen LogP contribution in [0.5, 0.6) is 0 Å². The summed E-state index contributed by atoms with van der Waals surface area (Å²) in [6, 6.07) is 6.03. The van der Waals surface area contributed by atoms with E-state index in [1.165, 1.54) is 11.3 Å². The van der Waals surface area contributed by atoms with Gasteiger partial charge in [-0.25, -0.2) is 4.98 Å². The minimum absolute atomic E-state index is 0.143. The van der Waals surface area contributed by atoms with Gasteiger partial charge in [0.2, 0.25) is 0 Å². The van der Waals surface area contributed by atoms with Crippen molar-refractivity contribution in [1.82, 2.24) is 4.98 Å². The van der Waals surface area contributed by atoms with Crippen molar-refractivity contribution in [2.45, 2.75) is 20.3 Å². The number of amides is 1. The van der Waals surface area contributed by atoms with Crippen LogP contribution in [-0.2, 0) is 6.42 Å². The standard InChI is InChI=1S/C13H14N2OS/c1-3-10-6-4-5-9(2)12(10)15-13(16)11-7-17-8-14-11/h4-8H,3H2,1-2H3,(H,15,16). The van der Waals surface area contributed by atoms with E-state index in [4.69, 9.17) is 0 Å². The molecule has 0 atom stereocenters. The molecule has 0 saturated carbocycles. The maximum Gasteiger partial charge on any atom is 0.275 e. The molecule has 0 aliphatic carbocycles. The molecule has 0 unspecified atom stereocenters. The summed E-state index contributed by atoms with van der Waals surface area (Å²) < 4.78 is 0. The highest BCUT2D eigenvalue weighted by atomic mass is 32.1. The summed E-state index contributed by atoms with van der Waals surface area (Å²) in [5.74, 6) is -0.143. The Morgan fingerprint density at radius 1 is 1.47 bits per heavy atom. The van der Waals surface area contributed by atoms with Gasteiger partial charge in [0.15, 0.2) is 0 Å². The zero-order chi connectivity index (χ0) is 12.3. The number of aryl methyl sites for hydroxylation is 2. The van der Waals surface area contributed by atoms with E-state index in [-0.39, 0.29) is 5.91 Å². The largest absolute Gasteiger partial charge is 0.320 e. The van der Waals surface area contributed by atoms with E-state index in [9.17, 15) is 4.79 Å². The van der Waals surface area contributed by atoms with Crippen molar-refractivity contribution in [2.75, 3.05) is 5.32 Å². The molecule has 0 saturated heterocycles. The predicted octanol–water partition coefficient (Wildman–Crippen LogP) is 3.27. The van der Waals surface area contributed by atoms with Crippen LogP contribution in [0.4, 0.5) is 5.69 Å². The highest BCUT2D eigenvalue weighted by Gasteiger charge is 2.11. The molecule has 0 fully saturated rings. The van der Waals surface area contributed by atoms with Crippen molar-refractivity contribution >= 4 is 22.9 Å². The van der Waals surface area contributed by atoms with Crippen LogP contribution < -0.4 is 5.32 Å². The number of anilines is 1. The van der Waals surface area contributed by atoms with E-state index in [1.807, 2.05) is 25.1 Å². The number of thiazole rings is 1. The van der Waals surface area contributed by atoms with E-state index >= 15 is 0 Å². The molecular formula is C13H14N2OS. The van der Waals surface area contributed by atoms with Crippen molar-refractivity contribution < 1.29 is 4.79 Å². The molecule has 1 aromatic heterocycles. The fraction of sp³-hybridized carbons (Fsp3) is 0.231. The third kappa shape index (κ3) is 2.53. The van der Waals surface area contributed by atoms with Crippen molar-refractivity contribution in [3.8, 4) is 0 Å². The van der Waals surface area contributed by atoms with Crippen LogP contribution in [0.2, 0.25) is 0 Å². The van der Waals surface area contributed by atoms with Crippen molar-refractivity contribution in [2.24, 2.45) is 0 Å². The smallest absolute Gasteiger partial charge is 0.275 e. The fourth-order valence-corrected chi connectivity index (χ4v) is 2.24. The van der Waals surface area contributed by atoms with Crippen LogP contribution in [0.25, 0.3) is 0 Å². The van der Waals surface area contributed by atoms with Gasteiger partial charge in [-0.3, -0.25) is 4.79 Å². The molecule has 2 rings (SSSR count). The lowest BCUT2D eigenvalue weighted by Crippen LogP contribution is -2.14. The number of hydrogen-bond acceptors (Lipinski definition) is 3. The van der Waals surface area contributed by atoms with E-state index in [0.29, 0.717) is 5.69 Å². The Morgan fingerprint density at radius 3 is 2.94 bits per heavy atom. The number of benzene rings is 1. The molecule has 3 nitrogen and oxygen atoms in total. The van der Waals surface area contributed by atoms with Gasteiger partial charge in [-0.05, 0) is 24.5 Å². The first kappa shape index (κ1) is 11.8. The summed E-state index contributed by atoms with van der Waals surface area (Å²) in [6.45, 7) is 4.07. The van der Waals surface area contributed by atoms with Gasteiger partial charge in [-0.1, -0.05) is 25.1 Å². The number of para-hydroxylation sites is 1. The number of nitrogens with zero attached hydrogens (tertiary/aromatic N) is 1. The first-order valence-electron chi connectivity index (χ1n) is 5.50. The van der Waals surface area contributed by atoms with Crippen molar-refractivity contribution in [1.29, 1.82) is 0 Å². The molecule has 0 aliphatic rings. The maximum atomic E-state index is 11.9. The van der Waals surface area contributed by atoms with Gasteiger partial charge in [0.25, 0.3) is 5.91 Å². The number of nitrogens with one attached hydrogen (secondary N) is 1. The molecule has 88 valence electrons. The average molecular weight is 246 g/mol. The Morgan fingerprint density at radius 2 is 2.29 bits per heavy atom. The first-order valence-corrected chi connectivity index (χ1v) is 6.44. The second-order valence-electron chi connectivity index (χ2n) is 3.79. The molecule has 0 spiro atoms. The van der Waals surface area contributed by atoms with Gasteiger partial charge in [0, 0.05) is 11.1 Å². The average Bonchev–Trinajstić information content (AvgIpc) is 2.85. The van der Waals surface area contributed by atoms with Gasteiger partial charge in [-0.15, -0.1) is 11.3 Å². The van der Waals surface area contributed by atoms with Gasteiger partial charge < -0.3 is 5.32 Å². The molecule has 17 heavy (non-hydrogen) atoms. The molecule has 1 aromatic carbocycles. The summed E-state index contributed by atoms with van der Waals surface area (Å²) in [5, 5.41) is 4.69. The number of hydrogen-bond donors (Lipinski definition) is 1. The molecule has 0 bridgehead atoms. The molecule has 4 heteroatoms. The van der Waals surface area contributed by atoms with Crippen LogP contribution in [0, 0.1) is 6.92 Å². The Balaban J connectivity index is 2.27. The van der Waals surface area contributed by atoms with Crippen LogP contribution in [-0.4, -0.2) is 10.9 Å². The normalized spacial score (nSPS) is 10.2. The van der Waals surface area contributed by atoms with Crippen LogP contribution in [0.15, 0.2) is 29.1 Å². The van der Waals surface area contributed by atoms with E-state index in [0.717, 1.165) is 23.2 Å². The number of carbonyl (C=O) groups is 1. The predicted molar refractivity (Wildman–Crippen MR) is 70.6 cm³/mol. The second-order valence-corrected chi connectivity index (χ2v) is 4.51. The lowest BCUT2D eigenvalue weighted by molar-refractivity contribution is 0.102. The van der Waals surface area contributed by atoms with E-state index in [2.05, 4.69) is 17.2 Å². The van der Waals surface area contributed by atoms with Gasteiger partial charge in [-0.2, -0.15) is 0 Å². The third-order valence-corrected chi connectivity index (χ3v) is 3.23.